The quantitative estimate of drug-likeness (QED) is 0.565. The van der Waals surface area contributed by atoms with Gasteiger partial charge in [0.15, 0.2) is 0 Å². The van der Waals surface area contributed by atoms with Crippen molar-refractivity contribution in [1.82, 2.24) is 9.97 Å². The first-order chi connectivity index (χ1) is 13.4. The number of aromatic nitrogens is 2. The van der Waals surface area contributed by atoms with Gasteiger partial charge in [-0.1, -0.05) is 18.5 Å². The number of nitro groups is 1. The van der Waals surface area contributed by atoms with Gasteiger partial charge in [0.05, 0.1) is 29.9 Å². The van der Waals surface area contributed by atoms with Gasteiger partial charge in [-0.2, -0.15) is 0 Å². The highest BCUT2D eigenvalue weighted by Crippen LogP contribution is 2.40. The molecule has 0 spiro atoms. The summed E-state index contributed by atoms with van der Waals surface area (Å²) in [5.74, 6) is 1.84. The molecule has 2 aromatic rings. The smallest absolute Gasteiger partial charge is 0.353 e. The Morgan fingerprint density at radius 3 is 2.50 bits per heavy atom. The minimum absolute atomic E-state index is 0.0770. The third-order valence-corrected chi connectivity index (χ3v) is 5.09. The van der Waals surface area contributed by atoms with Crippen molar-refractivity contribution in [3.8, 4) is 11.5 Å². The number of halogens is 1. The van der Waals surface area contributed by atoms with E-state index in [4.69, 9.17) is 21.1 Å². The topological polar surface area (TPSA) is 103 Å². The number of methoxy groups -OCH3 is 2. The number of rotatable bonds is 6. The van der Waals surface area contributed by atoms with Crippen LogP contribution in [0.3, 0.4) is 0 Å². The van der Waals surface area contributed by atoms with E-state index in [0.29, 0.717) is 33.9 Å². The van der Waals surface area contributed by atoms with Crippen molar-refractivity contribution in [1.29, 1.82) is 0 Å². The van der Waals surface area contributed by atoms with Gasteiger partial charge in [0.25, 0.3) is 0 Å². The Kier molecular flexibility index (Phi) is 6.03. The second kappa shape index (κ2) is 8.47. The lowest BCUT2D eigenvalue weighted by Gasteiger charge is -2.30. The predicted octanol–water partition coefficient (Wildman–Crippen LogP) is 4.04. The molecule has 1 saturated heterocycles. The summed E-state index contributed by atoms with van der Waals surface area (Å²) in [6.45, 7) is 3.62. The van der Waals surface area contributed by atoms with Gasteiger partial charge in [0.1, 0.15) is 17.8 Å². The average Bonchev–Trinajstić information content (AvgIpc) is 2.68. The normalized spacial score (nSPS) is 14.6. The van der Waals surface area contributed by atoms with Crippen molar-refractivity contribution >= 4 is 34.6 Å². The lowest BCUT2D eigenvalue weighted by molar-refractivity contribution is -0.383. The van der Waals surface area contributed by atoms with Crippen LogP contribution in [-0.2, 0) is 0 Å². The minimum atomic E-state index is -0.465. The van der Waals surface area contributed by atoms with E-state index in [1.807, 2.05) is 4.90 Å². The lowest BCUT2D eigenvalue weighted by Crippen LogP contribution is -2.34. The van der Waals surface area contributed by atoms with Gasteiger partial charge in [-0.05, 0) is 24.8 Å². The number of nitrogens with one attached hydrogen (secondary N) is 1. The summed E-state index contributed by atoms with van der Waals surface area (Å²) < 4.78 is 10.5. The van der Waals surface area contributed by atoms with Gasteiger partial charge in [-0.15, -0.1) is 0 Å². The van der Waals surface area contributed by atoms with E-state index >= 15 is 0 Å². The molecule has 0 unspecified atom stereocenters. The Bertz CT molecular complexity index is 871. The lowest BCUT2D eigenvalue weighted by atomic mass is 9.99. The van der Waals surface area contributed by atoms with Crippen molar-refractivity contribution in [2.75, 3.05) is 37.5 Å². The van der Waals surface area contributed by atoms with E-state index in [2.05, 4.69) is 22.2 Å². The molecule has 1 aromatic carbocycles. The summed E-state index contributed by atoms with van der Waals surface area (Å²) in [6, 6.07) is 3.18. The average molecular weight is 408 g/mol. The summed E-state index contributed by atoms with van der Waals surface area (Å²) >= 11 is 6.20. The Balaban J connectivity index is 2.00. The largest absolute Gasteiger partial charge is 0.495 e. The molecule has 0 saturated carbocycles. The number of nitrogens with zero attached hydrogens (tertiary/aromatic N) is 4. The molecule has 1 fully saturated rings. The van der Waals surface area contributed by atoms with E-state index in [0.717, 1.165) is 25.9 Å². The highest BCUT2D eigenvalue weighted by molar-refractivity contribution is 6.32. The first kappa shape index (κ1) is 19.9. The maximum absolute atomic E-state index is 11.8. The molecule has 1 N–H and O–H groups in total. The van der Waals surface area contributed by atoms with Crippen LogP contribution >= 0.6 is 11.6 Å². The summed E-state index contributed by atoms with van der Waals surface area (Å²) in [5.41, 5.74) is 0.263. The molecule has 10 heteroatoms. The first-order valence-corrected chi connectivity index (χ1v) is 9.25. The first-order valence-electron chi connectivity index (χ1n) is 8.87. The number of ether oxygens (including phenoxy) is 2. The van der Waals surface area contributed by atoms with Crippen LogP contribution in [-0.4, -0.2) is 42.2 Å². The zero-order valence-corrected chi connectivity index (χ0v) is 16.7. The molecule has 9 nitrogen and oxygen atoms in total. The molecule has 3 rings (SSSR count). The monoisotopic (exact) mass is 407 g/mol. The van der Waals surface area contributed by atoms with Crippen LogP contribution in [0.4, 0.5) is 23.0 Å². The van der Waals surface area contributed by atoms with Crippen LogP contribution in [0, 0.1) is 16.0 Å². The fourth-order valence-electron chi connectivity index (χ4n) is 3.17. The van der Waals surface area contributed by atoms with Crippen molar-refractivity contribution in [3.05, 3.63) is 33.6 Å². The molecular weight excluding hydrogens is 386 g/mol. The molecule has 28 heavy (non-hydrogen) atoms. The van der Waals surface area contributed by atoms with Gasteiger partial charge in [0.2, 0.25) is 11.6 Å². The predicted molar refractivity (Wildman–Crippen MR) is 107 cm³/mol. The molecule has 0 amide bonds. The Morgan fingerprint density at radius 1 is 1.21 bits per heavy atom. The Hall–Kier alpha value is -2.81. The van der Waals surface area contributed by atoms with Gasteiger partial charge in [0, 0.05) is 19.2 Å². The number of benzene rings is 1. The van der Waals surface area contributed by atoms with Gasteiger partial charge >= 0.3 is 5.69 Å². The third kappa shape index (κ3) is 4.04. The van der Waals surface area contributed by atoms with Crippen LogP contribution in [0.5, 0.6) is 11.5 Å². The van der Waals surface area contributed by atoms with Crippen LogP contribution in [0.25, 0.3) is 0 Å². The summed E-state index contributed by atoms with van der Waals surface area (Å²) in [5, 5.41) is 15.2. The highest BCUT2D eigenvalue weighted by Gasteiger charge is 2.29. The van der Waals surface area contributed by atoms with Gasteiger partial charge in [-0.25, -0.2) is 9.97 Å². The van der Waals surface area contributed by atoms with Gasteiger partial charge in [-0.3, -0.25) is 10.1 Å². The molecule has 150 valence electrons. The maximum Gasteiger partial charge on any atom is 0.353 e. The number of hydrogen-bond donors (Lipinski definition) is 1. The Morgan fingerprint density at radius 2 is 1.89 bits per heavy atom. The van der Waals surface area contributed by atoms with Crippen molar-refractivity contribution < 1.29 is 14.4 Å². The van der Waals surface area contributed by atoms with Gasteiger partial charge < -0.3 is 19.7 Å². The number of anilines is 3. The maximum atomic E-state index is 11.8. The molecule has 0 radical (unpaired) electrons. The van der Waals surface area contributed by atoms with E-state index in [1.54, 1.807) is 12.1 Å². The molecule has 1 aliphatic heterocycles. The standard InChI is InChI=1S/C18H22ClN5O4/c1-11-4-6-23(7-5-11)18-16(24(25)26)17(20-10-21-18)22-13-8-12(19)14(27-2)9-15(13)28-3/h8-11H,4-7H2,1-3H3,(H,20,21,22). The summed E-state index contributed by atoms with van der Waals surface area (Å²) in [6.07, 6.45) is 3.25. The second-order valence-electron chi connectivity index (χ2n) is 6.63. The van der Waals surface area contributed by atoms with E-state index in [9.17, 15) is 10.1 Å². The summed E-state index contributed by atoms with van der Waals surface area (Å²) in [7, 11) is 2.98. The Labute approximate surface area is 167 Å². The van der Waals surface area contributed by atoms with E-state index < -0.39 is 4.92 Å². The van der Waals surface area contributed by atoms with Crippen LogP contribution in [0.15, 0.2) is 18.5 Å². The third-order valence-electron chi connectivity index (χ3n) is 4.80. The molecule has 1 aliphatic rings. The van der Waals surface area contributed by atoms with E-state index in [1.165, 1.54) is 20.5 Å². The van der Waals surface area contributed by atoms with E-state index in [-0.39, 0.29) is 11.5 Å². The van der Waals surface area contributed by atoms with Crippen molar-refractivity contribution in [2.24, 2.45) is 5.92 Å². The van der Waals surface area contributed by atoms with Crippen LogP contribution < -0.4 is 19.7 Å². The molecule has 2 heterocycles. The SMILES string of the molecule is COc1cc(OC)c(Nc2ncnc(N3CCC(C)CC3)c2[N+](=O)[O-])cc1Cl. The highest BCUT2D eigenvalue weighted by atomic mass is 35.5. The van der Waals surface area contributed by atoms with Crippen molar-refractivity contribution in [2.45, 2.75) is 19.8 Å². The fourth-order valence-corrected chi connectivity index (χ4v) is 3.41. The van der Waals surface area contributed by atoms with Crippen LogP contribution in [0.2, 0.25) is 5.02 Å². The number of piperidine rings is 1. The zero-order chi connectivity index (χ0) is 20.3. The molecule has 1 aromatic heterocycles. The summed E-state index contributed by atoms with van der Waals surface area (Å²) in [4.78, 5) is 21.6. The second-order valence-corrected chi connectivity index (χ2v) is 7.04. The molecule has 0 atom stereocenters. The minimum Gasteiger partial charge on any atom is -0.495 e. The molecular formula is C18H22ClN5O4. The number of hydrogen-bond acceptors (Lipinski definition) is 8. The molecule has 0 bridgehead atoms. The molecule has 0 aliphatic carbocycles. The van der Waals surface area contributed by atoms with Crippen molar-refractivity contribution in [3.63, 3.8) is 0 Å². The fraction of sp³-hybridized carbons (Fsp3) is 0.444. The van der Waals surface area contributed by atoms with Crippen LogP contribution in [0.1, 0.15) is 19.8 Å². The zero-order valence-electron chi connectivity index (χ0n) is 15.9.